The van der Waals surface area contributed by atoms with Crippen molar-refractivity contribution < 1.29 is 17.5 Å². The summed E-state index contributed by atoms with van der Waals surface area (Å²) < 4.78 is 46.3. The van der Waals surface area contributed by atoms with Crippen molar-refractivity contribution in [3.05, 3.63) is 59.9 Å². The van der Waals surface area contributed by atoms with Crippen LogP contribution in [-0.4, -0.2) is 31.9 Å². The van der Waals surface area contributed by atoms with Gasteiger partial charge in [-0.15, -0.1) is 0 Å². The average Bonchev–Trinajstić information content (AvgIpc) is 2.59. The van der Waals surface area contributed by atoms with Crippen LogP contribution in [0, 0.1) is 12.7 Å². The van der Waals surface area contributed by atoms with Crippen molar-refractivity contribution in [2.45, 2.75) is 30.8 Å². The Kier molecular flexibility index (Phi) is 4.87. The molecule has 24 heavy (non-hydrogen) atoms. The summed E-state index contributed by atoms with van der Waals surface area (Å²) in [5, 5.41) is 0. The van der Waals surface area contributed by atoms with E-state index in [9.17, 15) is 12.8 Å². The number of aryl methyl sites for hydroxylation is 1. The van der Waals surface area contributed by atoms with Gasteiger partial charge in [0.2, 0.25) is 10.0 Å². The first kappa shape index (κ1) is 16.9. The second-order valence-corrected chi connectivity index (χ2v) is 7.91. The van der Waals surface area contributed by atoms with Crippen LogP contribution < -0.4 is 4.74 Å². The number of hydrogen-bond acceptors (Lipinski definition) is 3. The summed E-state index contributed by atoms with van der Waals surface area (Å²) in [6.45, 7) is 2.43. The van der Waals surface area contributed by atoms with Crippen LogP contribution in [0.1, 0.15) is 18.4 Å². The first-order chi connectivity index (χ1) is 11.5. The van der Waals surface area contributed by atoms with Gasteiger partial charge in [0.05, 0.1) is 11.4 Å². The standard InChI is InChI=1S/C18H20FNO3S/c1-14-9-10-15(12-18(14)19)23-16-6-5-11-20(13-16)24(21,22)17-7-3-2-4-8-17/h2-4,7-10,12,16H,5-6,11,13H2,1H3. The van der Waals surface area contributed by atoms with E-state index in [4.69, 9.17) is 4.74 Å². The van der Waals surface area contributed by atoms with Gasteiger partial charge in [-0.1, -0.05) is 24.3 Å². The molecule has 3 rings (SSSR count). The molecule has 0 spiro atoms. The molecule has 0 N–H and O–H groups in total. The summed E-state index contributed by atoms with van der Waals surface area (Å²) in [6.07, 6.45) is 1.18. The molecular weight excluding hydrogens is 329 g/mol. The van der Waals surface area contributed by atoms with Crippen LogP contribution in [0.2, 0.25) is 0 Å². The number of sulfonamides is 1. The van der Waals surface area contributed by atoms with Crippen molar-refractivity contribution in [1.82, 2.24) is 4.31 Å². The maximum atomic E-state index is 13.6. The highest BCUT2D eigenvalue weighted by Crippen LogP contribution is 2.24. The molecule has 0 saturated carbocycles. The van der Waals surface area contributed by atoms with E-state index in [0.29, 0.717) is 24.3 Å². The Balaban J connectivity index is 1.73. The Morgan fingerprint density at radius 2 is 1.92 bits per heavy atom. The third-order valence-electron chi connectivity index (χ3n) is 4.17. The lowest BCUT2D eigenvalue weighted by Gasteiger charge is -2.32. The molecule has 2 aromatic rings. The molecule has 1 heterocycles. The fourth-order valence-corrected chi connectivity index (χ4v) is 4.33. The Hall–Kier alpha value is -1.92. The highest BCUT2D eigenvalue weighted by molar-refractivity contribution is 7.89. The molecule has 1 saturated heterocycles. The van der Waals surface area contributed by atoms with E-state index < -0.39 is 10.0 Å². The summed E-state index contributed by atoms with van der Waals surface area (Å²) in [4.78, 5) is 0.284. The first-order valence-corrected chi connectivity index (χ1v) is 9.39. The van der Waals surface area contributed by atoms with Crippen molar-refractivity contribution in [3.8, 4) is 5.75 Å². The van der Waals surface area contributed by atoms with E-state index in [1.165, 1.54) is 10.4 Å². The molecule has 1 fully saturated rings. The van der Waals surface area contributed by atoms with Crippen LogP contribution in [-0.2, 0) is 10.0 Å². The summed E-state index contributed by atoms with van der Waals surface area (Å²) in [5.41, 5.74) is 0.555. The SMILES string of the molecule is Cc1ccc(OC2CCCN(S(=O)(=O)c3ccccc3)C2)cc1F. The lowest BCUT2D eigenvalue weighted by molar-refractivity contribution is 0.129. The predicted molar refractivity (Wildman–Crippen MR) is 90.0 cm³/mol. The first-order valence-electron chi connectivity index (χ1n) is 7.95. The molecule has 1 aliphatic rings. The van der Waals surface area contributed by atoms with Crippen molar-refractivity contribution >= 4 is 10.0 Å². The van der Waals surface area contributed by atoms with Crippen LogP contribution in [0.5, 0.6) is 5.75 Å². The highest BCUT2D eigenvalue weighted by atomic mass is 32.2. The van der Waals surface area contributed by atoms with Gasteiger partial charge < -0.3 is 4.74 Å². The zero-order valence-electron chi connectivity index (χ0n) is 13.5. The molecule has 128 valence electrons. The maximum Gasteiger partial charge on any atom is 0.243 e. The molecular formula is C18H20FNO3S. The molecule has 2 aromatic carbocycles. The van der Waals surface area contributed by atoms with E-state index in [-0.39, 0.29) is 23.4 Å². The monoisotopic (exact) mass is 349 g/mol. The predicted octanol–water partition coefficient (Wildman–Crippen LogP) is 3.37. The largest absolute Gasteiger partial charge is 0.489 e. The summed E-state index contributed by atoms with van der Waals surface area (Å²) >= 11 is 0. The number of benzene rings is 2. The number of nitrogens with zero attached hydrogens (tertiary/aromatic N) is 1. The quantitative estimate of drug-likeness (QED) is 0.850. The Morgan fingerprint density at radius 3 is 2.62 bits per heavy atom. The van der Waals surface area contributed by atoms with Gasteiger partial charge in [0, 0.05) is 12.6 Å². The minimum absolute atomic E-state index is 0.271. The summed E-state index contributed by atoms with van der Waals surface area (Å²) in [5.74, 6) is 0.110. The molecule has 0 bridgehead atoms. The van der Waals surface area contributed by atoms with E-state index >= 15 is 0 Å². The molecule has 4 nitrogen and oxygen atoms in total. The van der Waals surface area contributed by atoms with Gasteiger partial charge in [-0.2, -0.15) is 4.31 Å². The maximum absolute atomic E-state index is 13.6. The third kappa shape index (κ3) is 3.60. The average molecular weight is 349 g/mol. The van der Waals surface area contributed by atoms with Gasteiger partial charge >= 0.3 is 0 Å². The fourth-order valence-electron chi connectivity index (χ4n) is 2.80. The molecule has 1 atom stereocenters. The van der Waals surface area contributed by atoms with Gasteiger partial charge in [-0.3, -0.25) is 0 Å². The van der Waals surface area contributed by atoms with Crippen LogP contribution in [0.3, 0.4) is 0 Å². The second kappa shape index (κ2) is 6.91. The molecule has 0 amide bonds. The highest BCUT2D eigenvalue weighted by Gasteiger charge is 2.31. The van der Waals surface area contributed by atoms with Crippen LogP contribution in [0.15, 0.2) is 53.4 Å². The molecule has 0 aromatic heterocycles. The minimum Gasteiger partial charge on any atom is -0.489 e. The van der Waals surface area contributed by atoms with Crippen LogP contribution >= 0.6 is 0 Å². The Morgan fingerprint density at radius 1 is 1.17 bits per heavy atom. The number of hydrogen-bond donors (Lipinski definition) is 0. The molecule has 6 heteroatoms. The van der Waals surface area contributed by atoms with Gasteiger partial charge in [0.1, 0.15) is 17.7 Å². The zero-order chi connectivity index (χ0) is 17.2. The number of rotatable bonds is 4. The molecule has 0 radical (unpaired) electrons. The number of halogens is 1. The smallest absolute Gasteiger partial charge is 0.243 e. The van der Waals surface area contributed by atoms with Gasteiger partial charge in [-0.05, 0) is 43.5 Å². The van der Waals surface area contributed by atoms with Crippen LogP contribution in [0.25, 0.3) is 0 Å². The Labute approximate surface area is 141 Å². The van der Waals surface area contributed by atoms with E-state index in [2.05, 4.69) is 0 Å². The van der Waals surface area contributed by atoms with Gasteiger partial charge in [-0.25, -0.2) is 12.8 Å². The lowest BCUT2D eigenvalue weighted by Crippen LogP contribution is -2.44. The van der Waals surface area contributed by atoms with Crippen molar-refractivity contribution in [2.24, 2.45) is 0 Å². The fraction of sp³-hybridized carbons (Fsp3) is 0.333. The third-order valence-corrected chi connectivity index (χ3v) is 6.05. The lowest BCUT2D eigenvalue weighted by atomic mass is 10.1. The van der Waals surface area contributed by atoms with Crippen molar-refractivity contribution in [3.63, 3.8) is 0 Å². The molecule has 0 aliphatic carbocycles. The number of piperidine rings is 1. The summed E-state index contributed by atoms with van der Waals surface area (Å²) in [6, 6.07) is 13.1. The van der Waals surface area contributed by atoms with E-state index in [0.717, 1.165) is 6.42 Å². The van der Waals surface area contributed by atoms with Crippen molar-refractivity contribution in [2.75, 3.05) is 13.1 Å². The number of ether oxygens (including phenoxy) is 1. The van der Waals surface area contributed by atoms with E-state index in [1.54, 1.807) is 49.4 Å². The summed E-state index contributed by atoms with van der Waals surface area (Å²) in [7, 11) is -3.52. The normalized spacial score (nSPS) is 19.2. The van der Waals surface area contributed by atoms with Gasteiger partial charge in [0.25, 0.3) is 0 Å². The van der Waals surface area contributed by atoms with Crippen LogP contribution in [0.4, 0.5) is 4.39 Å². The molecule has 1 unspecified atom stereocenters. The molecule has 1 aliphatic heterocycles. The van der Waals surface area contributed by atoms with Crippen molar-refractivity contribution in [1.29, 1.82) is 0 Å². The second-order valence-electron chi connectivity index (χ2n) is 5.97. The van der Waals surface area contributed by atoms with E-state index in [1.807, 2.05) is 0 Å². The minimum atomic E-state index is -3.52. The van der Waals surface area contributed by atoms with Gasteiger partial charge in [0.15, 0.2) is 0 Å². The topological polar surface area (TPSA) is 46.6 Å². The zero-order valence-corrected chi connectivity index (χ0v) is 14.3. The Bertz CT molecular complexity index is 808.